The van der Waals surface area contributed by atoms with Crippen molar-refractivity contribution in [1.29, 1.82) is 0 Å². The smallest absolute Gasteiger partial charge is 0.231 e. The van der Waals surface area contributed by atoms with Gasteiger partial charge in [0.05, 0.1) is 18.7 Å². The lowest BCUT2D eigenvalue weighted by Gasteiger charge is -2.37. The molecule has 1 amide bonds. The van der Waals surface area contributed by atoms with E-state index < -0.39 is 0 Å². The molecule has 164 valence electrons. The van der Waals surface area contributed by atoms with Gasteiger partial charge in [0.2, 0.25) is 12.7 Å². The molecular formula is C26H25NO5. The molecule has 0 aliphatic carbocycles. The van der Waals surface area contributed by atoms with E-state index in [9.17, 15) is 4.79 Å². The maximum absolute atomic E-state index is 13.0. The minimum Gasteiger partial charge on any atom is -0.496 e. The van der Waals surface area contributed by atoms with Crippen molar-refractivity contribution in [3.05, 3.63) is 77.9 Å². The van der Waals surface area contributed by atoms with Crippen LogP contribution < -0.4 is 18.9 Å². The normalized spacial score (nSPS) is 17.3. The van der Waals surface area contributed by atoms with E-state index in [0.29, 0.717) is 30.2 Å². The molecule has 0 saturated carbocycles. The molecule has 0 aromatic heterocycles. The lowest BCUT2D eigenvalue weighted by Crippen LogP contribution is -2.38. The lowest BCUT2D eigenvalue weighted by atomic mass is 9.92. The highest BCUT2D eigenvalue weighted by Gasteiger charge is 2.36. The van der Waals surface area contributed by atoms with Gasteiger partial charge in [-0.3, -0.25) is 4.79 Å². The van der Waals surface area contributed by atoms with Crippen LogP contribution in [0.5, 0.6) is 28.7 Å². The summed E-state index contributed by atoms with van der Waals surface area (Å²) in [5.74, 6) is 3.71. The number of piperidine rings is 1. The van der Waals surface area contributed by atoms with E-state index in [2.05, 4.69) is 0 Å². The van der Waals surface area contributed by atoms with E-state index in [1.165, 1.54) is 0 Å². The van der Waals surface area contributed by atoms with Gasteiger partial charge in [-0.05, 0) is 54.8 Å². The average Bonchev–Trinajstić information content (AvgIpc) is 3.30. The highest BCUT2D eigenvalue weighted by molar-refractivity contribution is 5.78. The number of benzene rings is 3. The quantitative estimate of drug-likeness (QED) is 0.518. The Bertz CT molecular complexity index is 1110. The van der Waals surface area contributed by atoms with Crippen LogP contribution in [0.1, 0.15) is 36.4 Å². The molecule has 5 rings (SSSR count). The second kappa shape index (κ2) is 8.83. The number of ether oxygens (including phenoxy) is 4. The molecule has 2 aliphatic rings. The zero-order chi connectivity index (χ0) is 21.9. The summed E-state index contributed by atoms with van der Waals surface area (Å²) >= 11 is 0. The number of hydrogen-bond acceptors (Lipinski definition) is 5. The number of carbonyl (C=O) groups is 1. The van der Waals surface area contributed by atoms with Gasteiger partial charge in [-0.15, -0.1) is 0 Å². The largest absolute Gasteiger partial charge is 0.496 e. The first-order valence-electron chi connectivity index (χ1n) is 10.8. The molecule has 32 heavy (non-hydrogen) atoms. The van der Waals surface area contributed by atoms with E-state index in [-0.39, 0.29) is 18.7 Å². The minimum absolute atomic E-state index is 0.120. The third-order valence-electron chi connectivity index (χ3n) is 5.89. The number of likely N-dealkylation sites (tertiary alicyclic amines) is 1. The Morgan fingerprint density at radius 2 is 1.84 bits per heavy atom. The summed E-state index contributed by atoms with van der Waals surface area (Å²) in [6.07, 6.45) is 2.19. The first kappa shape index (κ1) is 20.2. The SMILES string of the molecule is COc1ccc2c(c1C1CCCC(=O)N1Cc1cccc(Oc3ccccc3)c1)OCO2. The van der Waals surface area contributed by atoms with Crippen LogP contribution in [-0.2, 0) is 11.3 Å². The van der Waals surface area contributed by atoms with E-state index in [0.717, 1.165) is 35.5 Å². The van der Waals surface area contributed by atoms with Gasteiger partial charge >= 0.3 is 0 Å². The first-order chi connectivity index (χ1) is 15.7. The predicted octanol–water partition coefficient (Wildman–Crippen LogP) is 5.47. The standard InChI is InChI=1S/C26H25NO5/c1-29-22-13-14-23-26(31-17-30-23)25(22)21-11-6-12-24(28)27(21)16-18-7-5-10-20(15-18)32-19-8-3-2-4-9-19/h2-5,7-10,13-15,21H,6,11-12,16-17H2,1H3. The van der Waals surface area contributed by atoms with Crippen molar-refractivity contribution in [1.82, 2.24) is 4.90 Å². The van der Waals surface area contributed by atoms with E-state index >= 15 is 0 Å². The maximum atomic E-state index is 13.0. The number of methoxy groups -OCH3 is 1. The van der Waals surface area contributed by atoms with Crippen molar-refractivity contribution in [2.45, 2.75) is 31.8 Å². The molecule has 6 nitrogen and oxygen atoms in total. The molecule has 0 bridgehead atoms. The Kier molecular flexibility index (Phi) is 5.58. The number of rotatable bonds is 6. The monoisotopic (exact) mass is 431 g/mol. The van der Waals surface area contributed by atoms with Gasteiger partial charge in [0.1, 0.15) is 17.2 Å². The van der Waals surface area contributed by atoms with Crippen LogP contribution in [0, 0.1) is 0 Å². The highest BCUT2D eigenvalue weighted by Crippen LogP contribution is 2.48. The van der Waals surface area contributed by atoms with Gasteiger partial charge < -0.3 is 23.8 Å². The minimum atomic E-state index is -0.151. The number of nitrogens with zero attached hydrogens (tertiary/aromatic N) is 1. The summed E-state index contributed by atoms with van der Waals surface area (Å²) in [5, 5.41) is 0. The van der Waals surface area contributed by atoms with Gasteiger partial charge in [-0.25, -0.2) is 0 Å². The molecule has 1 saturated heterocycles. The molecule has 6 heteroatoms. The number of para-hydroxylation sites is 1. The number of amides is 1. The van der Waals surface area contributed by atoms with Crippen LogP contribution in [0.4, 0.5) is 0 Å². The van der Waals surface area contributed by atoms with Crippen LogP contribution in [0.2, 0.25) is 0 Å². The Hall–Kier alpha value is -3.67. The molecule has 2 aliphatic heterocycles. The molecule has 1 unspecified atom stereocenters. The van der Waals surface area contributed by atoms with E-state index in [4.69, 9.17) is 18.9 Å². The number of fused-ring (bicyclic) bond motifs is 1. The van der Waals surface area contributed by atoms with Gasteiger partial charge in [0.15, 0.2) is 11.5 Å². The van der Waals surface area contributed by atoms with Crippen LogP contribution in [0.3, 0.4) is 0 Å². The van der Waals surface area contributed by atoms with Crippen LogP contribution in [0.25, 0.3) is 0 Å². The molecule has 0 N–H and O–H groups in total. The molecule has 0 radical (unpaired) electrons. The van der Waals surface area contributed by atoms with Gasteiger partial charge in [-0.1, -0.05) is 30.3 Å². The van der Waals surface area contributed by atoms with E-state index in [1.54, 1.807) is 7.11 Å². The Labute approximate surface area is 187 Å². The van der Waals surface area contributed by atoms with Crippen LogP contribution >= 0.6 is 0 Å². The topological polar surface area (TPSA) is 57.2 Å². The fourth-order valence-electron chi connectivity index (χ4n) is 4.42. The second-order valence-electron chi connectivity index (χ2n) is 7.91. The predicted molar refractivity (Wildman–Crippen MR) is 119 cm³/mol. The van der Waals surface area contributed by atoms with Gasteiger partial charge in [0, 0.05) is 13.0 Å². The summed E-state index contributed by atoms with van der Waals surface area (Å²) in [4.78, 5) is 15.0. The zero-order valence-corrected chi connectivity index (χ0v) is 18.0. The Balaban J connectivity index is 1.45. The van der Waals surface area contributed by atoms with Crippen molar-refractivity contribution in [3.63, 3.8) is 0 Å². The van der Waals surface area contributed by atoms with Crippen molar-refractivity contribution in [2.24, 2.45) is 0 Å². The molecule has 0 spiro atoms. The molecular weight excluding hydrogens is 406 g/mol. The summed E-state index contributed by atoms with van der Waals surface area (Å²) in [6, 6.07) is 21.1. The van der Waals surface area contributed by atoms with Crippen molar-refractivity contribution < 1.29 is 23.7 Å². The Morgan fingerprint density at radius 1 is 1.00 bits per heavy atom. The summed E-state index contributed by atoms with van der Waals surface area (Å²) in [7, 11) is 1.64. The highest BCUT2D eigenvalue weighted by atomic mass is 16.7. The Morgan fingerprint density at radius 3 is 2.69 bits per heavy atom. The average molecular weight is 431 g/mol. The van der Waals surface area contributed by atoms with Crippen molar-refractivity contribution in [3.8, 4) is 28.7 Å². The summed E-state index contributed by atoms with van der Waals surface area (Å²) in [5.41, 5.74) is 1.88. The third kappa shape index (κ3) is 3.96. The third-order valence-corrected chi connectivity index (χ3v) is 5.89. The number of hydrogen-bond donors (Lipinski definition) is 0. The van der Waals surface area contributed by atoms with Crippen molar-refractivity contribution >= 4 is 5.91 Å². The zero-order valence-electron chi connectivity index (χ0n) is 18.0. The fourth-order valence-corrected chi connectivity index (χ4v) is 4.42. The first-order valence-corrected chi connectivity index (χ1v) is 10.8. The number of carbonyl (C=O) groups excluding carboxylic acids is 1. The molecule has 3 aromatic rings. The van der Waals surface area contributed by atoms with Crippen LogP contribution in [0.15, 0.2) is 66.7 Å². The van der Waals surface area contributed by atoms with Crippen molar-refractivity contribution in [2.75, 3.05) is 13.9 Å². The lowest BCUT2D eigenvalue weighted by molar-refractivity contribution is -0.137. The fraction of sp³-hybridized carbons (Fsp3) is 0.269. The molecule has 3 aromatic carbocycles. The maximum Gasteiger partial charge on any atom is 0.231 e. The molecule has 1 atom stereocenters. The second-order valence-corrected chi connectivity index (χ2v) is 7.91. The molecule has 1 fully saturated rings. The van der Waals surface area contributed by atoms with Gasteiger partial charge in [-0.2, -0.15) is 0 Å². The van der Waals surface area contributed by atoms with E-state index in [1.807, 2.05) is 71.6 Å². The molecule has 2 heterocycles. The summed E-state index contributed by atoms with van der Waals surface area (Å²) in [6.45, 7) is 0.651. The van der Waals surface area contributed by atoms with Gasteiger partial charge in [0.25, 0.3) is 0 Å². The van der Waals surface area contributed by atoms with Crippen LogP contribution in [-0.4, -0.2) is 24.7 Å². The summed E-state index contributed by atoms with van der Waals surface area (Å²) < 4.78 is 23.0.